The lowest BCUT2D eigenvalue weighted by Gasteiger charge is -2.29. The third-order valence-corrected chi connectivity index (χ3v) is 4.18. The summed E-state index contributed by atoms with van der Waals surface area (Å²) < 4.78 is 0. The Bertz CT molecular complexity index is 602. The molecule has 0 spiro atoms. The number of carbonyl (C=O) groups excluding carboxylic acids is 3. The van der Waals surface area contributed by atoms with Crippen LogP contribution in [0.1, 0.15) is 47.9 Å². The highest BCUT2D eigenvalue weighted by Gasteiger charge is 2.42. The highest BCUT2D eigenvalue weighted by atomic mass is 32.2. The minimum absolute atomic E-state index is 0.291. The summed E-state index contributed by atoms with van der Waals surface area (Å²) >= 11 is 1.58. The van der Waals surface area contributed by atoms with Gasteiger partial charge in [0.15, 0.2) is 0 Å². The van der Waals surface area contributed by atoms with Crippen molar-refractivity contribution in [2.75, 3.05) is 12.0 Å². The Labute approximate surface area is 140 Å². The van der Waals surface area contributed by atoms with Crippen LogP contribution in [0, 0.1) is 0 Å². The van der Waals surface area contributed by atoms with E-state index in [9.17, 15) is 14.4 Å². The van der Waals surface area contributed by atoms with Gasteiger partial charge >= 0.3 is 0 Å². The number of fused-ring (bicyclic) bond motifs is 1. The number of nitrogens with one attached hydrogen (secondary N) is 1. The molecule has 0 fully saturated rings. The van der Waals surface area contributed by atoms with Gasteiger partial charge in [-0.15, -0.1) is 0 Å². The normalized spacial score (nSPS) is 15.6. The number of nitrogens with zero attached hydrogens (tertiary/aromatic N) is 1. The predicted octanol–water partition coefficient (Wildman–Crippen LogP) is 2.32. The maximum atomic E-state index is 12.6. The van der Waals surface area contributed by atoms with Crippen LogP contribution in [0.3, 0.4) is 0 Å². The second-order valence-corrected chi connectivity index (χ2v) is 7.55. The molecular weight excluding hydrogens is 312 g/mol. The number of hydrogen-bond acceptors (Lipinski definition) is 4. The molecule has 0 aliphatic carbocycles. The van der Waals surface area contributed by atoms with Gasteiger partial charge in [0.2, 0.25) is 5.91 Å². The lowest BCUT2D eigenvalue weighted by Crippen LogP contribution is -2.54. The van der Waals surface area contributed by atoms with Crippen molar-refractivity contribution in [2.24, 2.45) is 0 Å². The van der Waals surface area contributed by atoms with E-state index in [1.54, 1.807) is 36.0 Å². The van der Waals surface area contributed by atoms with Crippen molar-refractivity contribution in [3.63, 3.8) is 0 Å². The zero-order valence-electron chi connectivity index (χ0n) is 13.9. The van der Waals surface area contributed by atoms with Gasteiger partial charge in [-0.2, -0.15) is 11.8 Å². The van der Waals surface area contributed by atoms with Gasteiger partial charge in [-0.1, -0.05) is 12.1 Å². The largest absolute Gasteiger partial charge is 0.350 e. The summed E-state index contributed by atoms with van der Waals surface area (Å²) in [4.78, 5) is 38.9. The monoisotopic (exact) mass is 334 g/mol. The second kappa shape index (κ2) is 6.74. The molecule has 1 aromatic carbocycles. The van der Waals surface area contributed by atoms with E-state index in [4.69, 9.17) is 0 Å². The molecule has 0 bridgehead atoms. The smallest absolute Gasteiger partial charge is 0.262 e. The minimum atomic E-state index is -0.783. The standard InChI is InChI=1S/C17H22N2O3S/c1-17(2,3)18-14(20)13(9-10-23-4)19-15(21)11-7-5-6-8-12(11)16(19)22/h5-8,13H,9-10H2,1-4H3,(H,18,20). The van der Waals surface area contributed by atoms with Gasteiger partial charge in [0.25, 0.3) is 11.8 Å². The van der Waals surface area contributed by atoms with Crippen LogP contribution in [0.15, 0.2) is 24.3 Å². The molecule has 23 heavy (non-hydrogen) atoms. The molecule has 3 amide bonds. The van der Waals surface area contributed by atoms with Crippen molar-refractivity contribution in [1.29, 1.82) is 0 Å². The first-order valence-corrected chi connectivity index (χ1v) is 8.93. The van der Waals surface area contributed by atoms with E-state index < -0.39 is 11.6 Å². The number of imide groups is 1. The number of rotatable bonds is 5. The highest BCUT2D eigenvalue weighted by molar-refractivity contribution is 7.98. The first kappa shape index (κ1) is 17.5. The molecule has 1 unspecified atom stereocenters. The van der Waals surface area contributed by atoms with Gasteiger partial charge in [-0.3, -0.25) is 19.3 Å². The molecule has 0 saturated carbocycles. The van der Waals surface area contributed by atoms with E-state index >= 15 is 0 Å². The molecule has 1 N–H and O–H groups in total. The Morgan fingerprint density at radius 1 is 1.17 bits per heavy atom. The summed E-state index contributed by atoms with van der Waals surface area (Å²) in [5.74, 6) is -0.377. The number of hydrogen-bond donors (Lipinski definition) is 1. The molecule has 1 atom stereocenters. The van der Waals surface area contributed by atoms with Crippen LogP contribution in [0.4, 0.5) is 0 Å². The molecule has 1 aliphatic rings. The van der Waals surface area contributed by atoms with Crippen molar-refractivity contribution in [3.05, 3.63) is 35.4 Å². The zero-order chi connectivity index (χ0) is 17.2. The Balaban J connectivity index is 2.32. The molecule has 0 aromatic heterocycles. The molecule has 1 aliphatic heterocycles. The maximum Gasteiger partial charge on any atom is 0.262 e. The number of thioether (sulfide) groups is 1. The minimum Gasteiger partial charge on any atom is -0.350 e. The lowest BCUT2D eigenvalue weighted by molar-refractivity contribution is -0.126. The summed E-state index contributed by atoms with van der Waals surface area (Å²) in [6.45, 7) is 5.62. The van der Waals surface area contributed by atoms with Crippen LogP contribution in [0.25, 0.3) is 0 Å². The molecule has 2 rings (SSSR count). The van der Waals surface area contributed by atoms with Crippen molar-refractivity contribution in [2.45, 2.75) is 38.8 Å². The van der Waals surface area contributed by atoms with Crippen molar-refractivity contribution < 1.29 is 14.4 Å². The summed E-state index contributed by atoms with van der Waals surface area (Å²) in [6, 6.07) is 5.92. The van der Waals surface area contributed by atoms with Crippen LogP contribution in [-0.4, -0.2) is 46.2 Å². The van der Waals surface area contributed by atoms with E-state index in [0.717, 1.165) is 4.90 Å². The molecule has 1 heterocycles. The molecule has 6 heteroatoms. The number of carbonyl (C=O) groups is 3. The lowest BCUT2D eigenvalue weighted by atomic mass is 10.1. The van der Waals surface area contributed by atoms with Gasteiger partial charge < -0.3 is 5.32 Å². The van der Waals surface area contributed by atoms with Crippen LogP contribution in [0.2, 0.25) is 0 Å². The van der Waals surface area contributed by atoms with Gasteiger partial charge in [0.05, 0.1) is 11.1 Å². The van der Waals surface area contributed by atoms with Crippen molar-refractivity contribution >= 4 is 29.5 Å². The maximum absolute atomic E-state index is 12.6. The van der Waals surface area contributed by atoms with Gasteiger partial charge in [-0.25, -0.2) is 0 Å². The van der Waals surface area contributed by atoms with E-state index in [0.29, 0.717) is 23.3 Å². The first-order chi connectivity index (χ1) is 10.8. The molecule has 5 nitrogen and oxygen atoms in total. The van der Waals surface area contributed by atoms with Gasteiger partial charge in [0, 0.05) is 5.54 Å². The Hall–Kier alpha value is -1.82. The fourth-order valence-corrected chi connectivity index (χ4v) is 3.01. The summed E-state index contributed by atoms with van der Waals surface area (Å²) in [6.07, 6.45) is 2.37. The second-order valence-electron chi connectivity index (χ2n) is 6.56. The SMILES string of the molecule is CSCCC(C(=O)NC(C)(C)C)N1C(=O)c2ccccc2C1=O. The topological polar surface area (TPSA) is 66.5 Å². The quantitative estimate of drug-likeness (QED) is 0.839. The molecule has 0 saturated heterocycles. The van der Waals surface area contributed by atoms with E-state index in [2.05, 4.69) is 5.32 Å². The summed E-state index contributed by atoms with van der Waals surface area (Å²) in [7, 11) is 0. The Morgan fingerprint density at radius 2 is 1.70 bits per heavy atom. The number of benzene rings is 1. The Kier molecular flexibility index (Phi) is 5.14. The van der Waals surface area contributed by atoms with Crippen molar-refractivity contribution in [3.8, 4) is 0 Å². The fourth-order valence-electron chi connectivity index (χ4n) is 2.55. The van der Waals surface area contributed by atoms with Gasteiger partial charge in [0.1, 0.15) is 6.04 Å². The fraction of sp³-hybridized carbons (Fsp3) is 0.471. The third-order valence-electron chi connectivity index (χ3n) is 3.53. The van der Waals surface area contributed by atoms with E-state index in [1.807, 2.05) is 27.0 Å². The Morgan fingerprint density at radius 3 is 2.13 bits per heavy atom. The van der Waals surface area contributed by atoms with E-state index in [-0.39, 0.29) is 17.7 Å². The van der Waals surface area contributed by atoms with Crippen LogP contribution in [-0.2, 0) is 4.79 Å². The van der Waals surface area contributed by atoms with Crippen molar-refractivity contribution in [1.82, 2.24) is 10.2 Å². The summed E-state index contributed by atoms with van der Waals surface area (Å²) in [5, 5.41) is 2.88. The van der Waals surface area contributed by atoms with E-state index in [1.165, 1.54) is 0 Å². The predicted molar refractivity (Wildman–Crippen MR) is 91.6 cm³/mol. The summed E-state index contributed by atoms with van der Waals surface area (Å²) in [5.41, 5.74) is 0.318. The average Bonchev–Trinajstić information content (AvgIpc) is 2.71. The highest BCUT2D eigenvalue weighted by Crippen LogP contribution is 2.26. The number of amides is 3. The molecular formula is C17H22N2O3S. The van der Waals surface area contributed by atoms with Crippen LogP contribution < -0.4 is 5.32 Å². The third kappa shape index (κ3) is 3.75. The van der Waals surface area contributed by atoms with Crippen LogP contribution >= 0.6 is 11.8 Å². The zero-order valence-corrected chi connectivity index (χ0v) is 14.7. The van der Waals surface area contributed by atoms with Gasteiger partial charge in [-0.05, 0) is 51.3 Å². The average molecular weight is 334 g/mol. The van der Waals surface area contributed by atoms with Crippen LogP contribution in [0.5, 0.6) is 0 Å². The molecule has 1 aromatic rings. The molecule has 0 radical (unpaired) electrons. The molecule has 124 valence electrons. The first-order valence-electron chi connectivity index (χ1n) is 7.54.